The van der Waals surface area contributed by atoms with E-state index in [1.807, 2.05) is 32.0 Å². The van der Waals surface area contributed by atoms with Crippen molar-refractivity contribution in [3.05, 3.63) is 54.1 Å². The summed E-state index contributed by atoms with van der Waals surface area (Å²) in [6.45, 7) is 4.73. The molecule has 0 aliphatic carbocycles. The lowest BCUT2D eigenvalue weighted by atomic mass is 10.2. The number of rotatable bonds is 8. The van der Waals surface area contributed by atoms with Gasteiger partial charge >= 0.3 is 0 Å². The minimum Gasteiger partial charge on any atom is -0.490 e. The summed E-state index contributed by atoms with van der Waals surface area (Å²) in [5.74, 6) is 1.04. The van der Waals surface area contributed by atoms with Gasteiger partial charge in [-0.15, -0.1) is 0 Å². The minimum absolute atomic E-state index is 0.0784. The molecule has 1 N–H and O–H groups in total. The fourth-order valence-electron chi connectivity index (χ4n) is 2.12. The Morgan fingerprint density at radius 1 is 0.913 bits per heavy atom. The molecule has 23 heavy (non-hydrogen) atoms. The maximum absolute atomic E-state index is 12.3. The molecule has 2 aromatic rings. The molecule has 0 unspecified atom stereocenters. The molecule has 0 amide bonds. The van der Waals surface area contributed by atoms with Crippen LogP contribution in [0.1, 0.15) is 19.4 Å². The van der Waals surface area contributed by atoms with Gasteiger partial charge in [-0.05, 0) is 31.5 Å². The first kappa shape index (κ1) is 17.1. The van der Waals surface area contributed by atoms with Crippen molar-refractivity contribution in [2.45, 2.75) is 19.6 Å². The van der Waals surface area contributed by atoms with E-state index in [4.69, 9.17) is 9.47 Å². The molecule has 0 aromatic heterocycles. The molecule has 5 nitrogen and oxygen atoms in total. The maximum Gasteiger partial charge on any atom is 0.236 e. The first-order valence-electron chi connectivity index (χ1n) is 7.48. The van der Waals surface area contributed by atoms with Crippen LogP contribution in [0.4, 0.5) is 5.69 Å². The standard InChI is InChI=1S/C17H21NO4S/c1-3-21-16-11-10-15(12-17(16)22-4-2)18-23(19,20)13-14-8-6-5-7-9-14/h5-12,18H,3-4,13H2,1-2H3. The third-order valence-corrected chi connectivity index (χ3v) is 4.28. The Kier molecular flexibility index (Phi) is 5.87. The number of anilines is 1. The van der Waals surface area contributed by atoms with Gasteiger partial charge in [0.15, 0.2) is 11.5 Å². The highest BCUT2D eigenvalue weighted by molar-refractivity contribution is 7.91. The highest BCUT2D eigenvalue weighted by Gasteiger charge is 2.13. The zero-order valence-corrected chi connectivity index (χ0v) is 14.1. The first-order chi connectivity index (χ1) is 11.0. The van der Waals surface area contributed by atoms with Crippen molar-refractivity contribution in [1.82, 2.24) is 0 Å². The molecular weight excluding hydrogens is 314 g/mol. The quantitative estimate of drug-likeness (QED) is 0.803. The summed E-state index contributed by atoms with van der Waals surface area (Å²) in [5, 5.41) is 0. The van der Waals surface area contributed by atoms with Gasteiger partial charge in [-0.25, -0.2) is 8.42 Å². The number of benzene rings is 2. The van der Waals surface area contributed by atoms with Crippen LogP contribution in [0.2, 0.25) is 0 Å². The van der Waals surface area contributed by atoms with E-state index in [-0.39, 0.29) is 5.75 Å². The lowest BCUT2D eigenvalue weighted by Gasteiger charge is -2.13. The van der Waals surface area contributed by atoms with Crippen molar-refractivity contribution < 1.29 is 17.9 Å². The minimum atomic E-state index is -3.49. The van der Waals surface area contributed by atoms with Gasteiger partial charge in [0.1, 0.15) is 0 Å². The Hall–Kier alpha value is -2.21. The second-order valence-corrected chi connectivity index (χ2v) is 6.60. The zero-order valence-electron chi connectivity index (χ0n) is 13.3. The average Bonchev–Trinajstić information content (AvgIpc) is 2.50. The third-order valence-electron chi connectivity index (χ3n) is 3.02. The van der Waals surface area contributed by atoms with Gasteiger partial charge in [0, 0.05) is 6.07 Å². The van der Waals surface area contributed by atoms with Crippen molar-refractivity contribution in [3.8, 4) is 11.5 Å². The monoisotopic (exact) mass is 335 g/mol. The first-order valence-corrected chi connectivity index (χ1v) is 9.13. The normalized spacial score (nSPS) is 11.0. The highest BCUT2D eigenvalue weighted by atomic mass is 32.2. The number of sulfonamides is 1. The Morgan fingerprint density at radius 2 is 1.57 bits per heavy atom. The second-order valence-electron chi connectivity index (χ2n) is 4.87. The molecule has 2 aromatic carbocycles. The van der Waals surface area contributed by atoms with Crippen LogP contribution < -0.4 is 14.2 Å². The number of ether oxygens (including phenoxy) is 2. The summed E-state index contributed by atoms with van der Waals surface area (Å²) in [5.41, 5.74) is 1.18. The van der Waals surface area contributed by atoms with E-state index < -0.39 is 10.0 Å². The lowest BCUT2D eigenvalue weighted by Crippen LogP contribution is -2.15. The lowest BCUT2D eigenvalue weighted by molar-refractivity contribution is 0.288. The summed E-state index contributed by atoms with van der Waals surface area (Å²) >= 11 is 0. The largest absolute Gasteiger partial charge is 0.490 e. The van der Waals surface area contributed by atoms with E-state index >= 15 is 0 Å². The van der Waals surface area contributed by atoms with Gasteiger partial charge in [0.25, 0.3) is 0 Å². The molecule has 0 aliphatic heterocycles. The van der Waals surface area contributed by atoms with Crippen molar-refractivity contribution >= 4 is 15.7 Å². The third kappa shape index (κ3) is 5.17. The van der Waals surface area contributed by atoms with E-state index in [0.29, 0.717) is 30.4 Å². The second kappa shape index (κ2) is 7.87. The SMILES string of the molecule is CCOc1ccc(NS(=O)(=O)Cc2ccccc2)cc1OCC. The molecule has 0 saturated carbocycles. The average molecular weight is 335 g/mol. The van der Waals surface area contributed by atoms with E-state index in [0.717, 1.165) is 5.56 Å². The van der Waals surface area contributed by atoms with Crippen LogP contribution in [0, 0.1) is 0 Å². The molecule has 6 heteroatoms. The van der Waals surface area contributed by atoms with Gasteiger partial charge in [-0.2, -0.15) is 0 Å². The van der Waals surface area contributed by atoms with Crippen LogP contribution in [0.5, 0.6) is 11.5 Å². The number of hydrogen-bond acceptors (Lipinski definition) is 4. The molecule has 124 valence electrons. The molecule has 0 radical (unpaired) electrons. The van der Waals surface area contributed by atoms with Gasteiger partial charge in [-0.3, -0.25) is 4.72 Å². The van der Waals surface area contributed by atoms with Crippen LogP contribution in [-0.2, 0) is 15.8 Å². The van der Waals surface area contributed by atoms with E-state index in [9.17, 15) is 8.42 Å². The summed E-state index contributed by atoms with van der Waals surface area (Å²) in [4.78, 5) is 0. The van der Waals surface area contributed by atoms with E-state index in [1.165, 1.54) is 0 Å². The van der Waals surface area contributed by atoms with Gasteiger partial charge in [0.05, 0.1) is 24.7 Å². The molecule has 0 spiro atoms. The number of nitrogens with one attached hydrogen (secondary N) is 1. The summed E-state index contributed by atoms with van der Waals surface area (Å²) in [7, 11) is -3.49. The van der Waals surface area contributed by atoms with Crippen LogP contribution in [0.3, 0.4) is 0 Å². The van der Waals surface area contributed by atoms with Crippen molar-refractivity contribution in [2.24, 2.45) is 0 Å². The predicted molar refractivity (Wildman–Crippen MR) is 91.5 cm³/mol. The molecule has 0 aliphatic rings. The molecule has 0 atom stereocenters. The number of hydrogen-bond donors (Lipinski definition) is 1. The smallest absolute Gasteiger partial charge is 0.236 e. The maximum atomic E-state index is 12.3. The summed E-state index contributed by atoms with van der Waals surface area (Å²) in [6.07, 6.45) is 0. The fraction of sp³-hybridized carbons (Fsp3) is 0.294. The highest BCUT2D eigenvalue weighted by Crippen LogP contribution is 2.31. The topological polar surface area (TPSA) is 64.6 Å². The molecule has 0 bridgehead atoms. The Labute approximate surface area is 137 Å². The van der Waals surface area contributed by atoms with Crippen LogP contribution in [-0.4, -0.2) is 21.6 Å². The van der Waals surface area contributed by atoms with Gasteiger partial charge in [-0.1, -0.05) is 30.3 Å². The zero-order chi connectivity index (χ0) is 16.7. The van der Waals surface area contributed by atoms with Gasteiger partial charge < -0.3 is 9.47 Å². The van der Waals surface area contributed by atoms with Gasteiger partial charge in [0.2, 0.25) is 10.0 Å². The molecule has 0 fully saturated rings. The van der Waals surface area contributed by atoms with Crippen molar-refractivity contribution in [1.29, 1.82) is 0 Å². The van der Waals surface area contributed by atoms with E-state index in [2.05, 4.69) is 4.72 Å². The predicted octanol–water partition coefficient (Wildman–Crippen LogP) is 3.43. The van der Waals surface area contributed by atoms with Crippen LogP contribution in [0.15, 0.2) is 48.5 Å². The Balaban J connectivity index is 2.16. The van der Waals surface area contributed by atoms with Crippen molar-refractivity contribution in [2.75, 3.05) is 17.9 Å². The molecular formula is C17H21NO4S. The molecule has 2 rings (SSSR count). The van der Waals surface area contributed by atoms with Crippen LogP contribution in [0.25, 0.3) is 0 Å². The Bertz CT molecular complexity index is 730. The molecule has 0 heterocycles. The fourth-order valence-corrected chi connectivity index (χ4v) is 3.31. The van der Waals surface area contributed by atoms with Crippen LogP contribution >= 0.6 is 0 Å². The molecule has 0 saturated heterocycles. The van der Waals surface area contributed by atoms with Crippen molar-refractivity contribution in [3.63, 3.8) is 0 Å². The summed E-state index contributed by atoms with van der Waals surface area (Å²) < 4.78 is 38.1. The Morgan fingerprint density at radius 3 is 2.22 bits per heavy atom. The van der Waals surface area contributed by atoms with E-state index in [1.54, 1.807) is 30.3 Å². The summed E-state index contributed by atoms with van der Waals surface area (Å²) in [6, 6.07) is 14.0.